The number of H-pyrrole nitrogens is 1. The van der Waals surface area contributed by atoms with Crippen molar-refractivity contribution in [1.29, 1.82) is 0 Å². The molecule has 2 heterocycles. The maximum absolute atomic E-state index is 9.75. The number of hydrogen-bond donors (Lipinski definition) is 2. The van der Waals surface area contributed by atoms with Crippen molar-refractivity contribution in [3.8, 4) is 0 Å². The third-order valence-corrected chi connectivity index (χ3v) is 2.32. The summed E-state index contributed by atoms with van der Waals surface area (Å²) in [5, 5.41) is 4.06. The van der Waals surface area contributed by atoms with E-state index in [1.165, 1.54) is 0 Å². The van der Waals surface area contributed by atoms with E-state index in [4.69, 9.17) is 0 Å². The Labute approximate surface area is 124 Å². The van der Waals surface area contributed by atoms with E-state index in [0.29, 0.717) is 0 Å². The molecule has 10 heteroatoms. The number of nitrogens with zero attached hydrogens (tertiary/aromatic N) is 3. The molecule has 120 valence electrons. The zero-order valence-corrected chi connectivity index (χ0v) is 12.3. The van der Waals surface area contributed by atoms with Crippen molar-refractivity contribution < 1.29 is 21.8 Å². The van der Waals surface area contributed by atoms with E-state index in [1.807, 2.05) is 50.4 Å². The number of allylic oxidation sites excluding steroid dienone is 1. The van der Waals surface area contributed by atoms with Gasteiger partial charge in [0.1, 0.15) is 26.1 Å². The number of fused-ring (bicyclic) bond motifs is 1. The monoisotopic (exact) mass is 317 g/mol. The second-order valence-corrected chi connectivity index (χ2v) is 4.44. The molecule has 5 nitrogen and oxygen atoms in total. The summed E-state index contributed by atoms with van der Waals surface area (Å²) in [7, 11) is -0.156. The van der Waals surface area contributed by atoms with Gasteiger partial charge in [-0.1, -0.05) is 0 Å². The lowest BCUT2D eigenvalue weighted by molar-refractivity contribution is -0.458. The molecule has 0 aliphatic rings. The minimum atomic E-state index is -6.00. The van der Waals surface area contributed by atoms with Crippen LogP contribution in [-0.4, -0.2) is 54.1 Å². The number of aromatic amines is 1. The maximum atomic E-state index is 9.75. The van der Waals surface area contributed by atoms with Crippen molar-refractivity contribution in [3.63, 3.8) is 0 Å². The molecule has 0 amide bonds. The van der Waals surface area contributed by atoms with Crippen molar-refractivity contribution >= 4 is 30.1 Å². The van der Waals surface area contributed by atoms with Crippen LogP contribution in [-0.2, 0) is 0 Å². The summed E-state index contributed by atoms with van der Waals surface area (Å²) in [4.78, 5) is 11.6. The third kappa shape index (κ3) is 5.94. The molecule has 0 aliphatic heterocycles. The van der Waals surface area contributed by atoms with Crippen molar-refractivity contribution in [3.05, 3.63) is 30.5 Å². The third-order valence-electron chi connectivity index (χ3n) is 2.32. The molecule has 0 aromatic carbocycles. The van der Waals surface area contributed by atoms with Gasteiger partial charge in [0.2, 0.25) is 0 Å². The standard InChI is InChI=1S/C12H15N5.BF4/c1-13-6-9(7-17(2)3)11-10-4-5-14-12(10)16-8-15-11;2-1(3,4)5/h4-8H,1-3H3,(H,14,15,16);/q;-1/p+1. The highest BCUT2D eigenvalue weighted by Gasteiger charge is 2.20. The van der Waals surface area contributed by atoms with Crippen molar-refractivity contribution in [2.45, 2.75) is 0 Å². The van der Waals surface area contributed by atoms with Gasteiger partial charge in [-0.05, 0) is 6.07 Å². The van der Waals surface area contributed by atoms with Gasteiger partial charge >= 0.3 is 7.25 Å². The van der Waals surface area contributed by atoms with Crippen LogP contribution < -0.4 is 5.32 Å². The van der Waals surface area contributed by atoms with Crippen molar-refractivity contribution in [2.75, 3.05) is 21.1 Å². The van der Waals surface area contributed by atoms with Crippen molar-refractivity contribution in [1.82, 2.24) is 20.3 Å². The molecular weight excluding hydrogens is 301 g/mol. The number of rotatable bonds is 3. The fraction of sp³-hybridized carbons (Fsp3) is 0.250. The topological polar surface area (TPSA) is 56.6 Å². The molecule has 0 atom stereocenters. The first kappa shape index (κ1) is 17.7. The molecule has 2 rings (SSSR count). The zero-order chi connectivity index (χ0) is 16.8. The molecule has 2 aromatic rings. The molecule has 0 aliphatic carbocycles. The molecular formula is C12H16BF4N5. The van der Waals surface area contributed by atoms with Gasteiger partial charge in [0.25, 0.3) is 0 Å². The van der Waals surface area contributed by atoms with Crippen LogP contribution in [0.25, 0.3) is 16.6 Å². The molecule has 22 heavy (non-hydrogen) atoms. The average molecular weight is 317 g/mol. The van der Waals surface area contributed by atoms with Gasteiger partial charge in [-0.2, -0.15) is 0 Å². The number of hydrogen-bond acceptors (Lipinski definition) is 3. The first-order valence-corrected chi connectivity index (χ1v) is 6.27. The molecule has 0 radical (unpaired) electrons. The molecule has 0 saturated heterocycles. The maximum Gasteiger partial charge on any atom is 0.673 e. The first-order valence-electron chi connectivity index (χ1n) is 6.27. The summed E-state index contributed by atoms with van der Waals surface area (Å²) in [5.74, 6) is 0. The molecule has 0 bridgehead atoms. The summed E-state index contributed by atoms with van der Waals surface area (Å²) in [5.41, 5.74) is 2.79. The summed E-state index contributed by atoms with van der Waals surface area (Å²) in [6.45, 7) is 0. The smallest absolute Gasteiger partial charge is 0.418 e. The van der Waals surface area contributed by atoms with Crippen LogP contribution in [0.15, 0.2) is 24.8 Å². The Morgan fingerprint density at radius 1 is 1.27 bits per heavy atom. The summed E-state index contributed by atoms with van der Waals surface area (Å²) in [6.07, 6.45) is 7.39. The second-order valence-electron chi connectivity index (χ2n) is 4.44. The Morgan fingerprint density at radius 3 is 2.45 bits per heavy atom. The summed E-state index contributed by atoms with van der Waals surface area (Å²) in [6, 6.07) is 1.98. The fourth-order valence-electron chi connectivity index (χ4n) is 1.70. The molecule has 2 aromatic heterocycles. The summed E-state index contributed by atoms with van der Waals surface area (Å²) >= 11 is 0. The Bertz CT molecular complexity index is 667. The fourth-order valence-corrected chi connectivity index (χ4v) is 1.70. The largest absolute Gasteiger partial charge is 0.673 e. The van der Waals surface area contributed by atoms with Gasteiger partial charge in [0, 0.05) is 24.8 Å². The summed E-state index contributed by atoms with van der Waals surface area (Å²) < 4.78 is 41.0. The zero-order valence-electron chi connectivity index (χ0n) is 12.3. The highest BCUT2D eigenvalue weighted by Crippen LogP contribution is 2.18. The SMILES string of the molecule is CNC=C(C=[N+](C)C)c1ncnc2[nH]ccc12.F[B-](F)(F)F. The number of nitrogens with one attached hydrogen (secondary N) is 2. The molecule has 2 N–H and O–H groups in total. The minimum absolute atomic E-state index is 0.851. The Kier molecular flexibility index (Phi) is 6.08. The van der Waals surface area contributed by atoms with E-state index >= 15 is 0 Å². The minimum Gasteiger partial charge on any atom is -0.418 e. The van der Waals surface area contributed by atoms with Gasteiger partial charge in [0.05, 0.1) is 11.3 Å². The van der Waals surface area contributed by atoms with E-state index < -0.39 is 7.25 Å². The quantitative estimate of drug-likeness (QED) is 0.395. The van der Waals surface area contributed by atoms with E-state index in [-0.39, 0.29) is 0 Å². The molecule has 0 spiro atoms. The second kappa shape index (κ2) is 7.57. The first-order chi connectivity index (χ1) is 10.2. The van der Waals surface area contributed by atoms with Gasteiger partial charge in [0.15, 0.2) is 6.21 Å². The van der Waals surface area contributed by atoms with Gasteiger partial charge < -0.3 is 27.6 Å². The Morgan fingerprint density at radius 2 is 1.91 bits per heavy atom. The van der Waals surface area contributed by atoms with Gasteiger partial charge in [-0.15, -0.1) is 0 Å². The van der Waals surface area contributed by atoms with Crippen LogP contribution in [0.5, 0.6) is 0 Å². The lowest BCUT2D eigenvalue weighted by atomic mass is 10.1. The van der Waals surface area contributed by atoms with Crippen LogP contribution in [0.3, 0.4) is 0 Å². The predicted octanol–water partition coefficient (Wildman–Crippen LogP) is 2.16. The Balaban J connectivity index is 0.000000422. The lowest BCUT2D eigenvalue weighted by Gasteiger charge is -2.01. The molecule has 0 saturated carbocycles. The van der Waals surface area contributed by atoms with E-state index in [1.54, 1.807) is 6.33 Å². The van der Waals surface area contributed by atoms with E-state index in [2.05, 4.69) is 20.3 Å². The van der Waals surface area contributed by atoms with Crippen LogP contribution in [0.1, 0.15) is 5.69 Å². The van der Waals surface area contributed by atoms with Crippen molar-refractivity contribution in [2.24, 2.45) is 0 Å². The highest BCUT2D eigenvalue weighted by molar-refractivity contribution is 6.50. The van der Waals surface area contributed by atoms with Crippen LogP contribution in [0, 0.1) is 0 Å². The van der Waals surface area contributed by atoms with Crippen LogP contribution in [0.4, 0.5) is 17.3 Å². The molecule has 0 unspecified atom stereocenters. The van der Waals surface area contributed by atoms with E-state index in [9.17, 15) is 17.3 Å². The molecule has 0 fully saturated rings. The van der Waals surface area contributed by atoms with E-state index in [0.717, 1.165) is 22.3 Å². The lowest BCUT2D eigenvalue weighted by Crippen LogP contribution is -2.06. The normalized spacial score (nSPS) is 11.7. The Hall–Kier alpha value is -2.39. The van der Waals surface area contributed by atoms with Gasteiger partial charge in [-0.3, -0.25) is 0 Å². The number of aromatic nitrogens is 3. The van der Waals surface area contributed by atoms with Crippen LogP contribution in [0.2, 0.25) is 0 Å². The van der Waals surface area contributed by atoms with Gasteiger partial charge in [-0.25, -0.2) is 14.5 Å². The predicted molar refractivity (Wildman–Crippen MR) is 79.3 cm³/mol. The number of halogens is 4. The van der Waals surface area contributed by atoms with Crippen LogP contribution >= 0.6 is 0 Å². The average Bonchev–Trinajstić information content (AvgIpc) is 2.83. The highest BCUT2D eigenvalue weighted by atomic mass is 19.5.